The number of aliphatic carboxylic acids is 1. The number of rotatable bonds is 26. The molecule has 0 rings (SSSR count). The maximum absolute atomic E-state index is 12.4. The third-order valence-corrected chi connectivity index (χ3v) is 6.50. The van der Waals surface area contributed by atoms with E-state index in [0.717, 1.165) is 51.4 Å². The highest BCUT2D eigenvalue weighted by Gasteiger charge is 2.18. The summed E-state index contributed by atoms with van der Waals surface area (Å²) in [5.41, 5.74) is 0. The third-order valence-electron chi connectivity index (χ3n) is 6.50. The van der Waals surface area contributed by atoms with Crippen molar-refractivity contribution in [2.45, 2.75) is 142 Å². The molecule has 226 valence electrons. The number of carbonyl (C=O) groups excluding carboxylic acids is 3. The van der Waals surface area contributed by atoms with Crippen LogP contribution < -0.4 is 10.6 Å². The molecule has 0 aromatic rings. The smallest absolute Gasteiger partial charge is 0.328 e. The van der Waals surface area contributed by atoms with E-state index in [4.69, 9.17) is 14.9 Å². The Morgan fingerprint density at radius 1 is 0.769 bits per heavy atom. The lowest BCUT2D eigenvalue weighted by Gasteiger charge is -2.15. The average Bonchev–Trinajstić information content (AvgIpc) is 2.91. The Labute approximate surface area is 235 Å². The summed E-state index contributed by atoms with van der Waals surface area (Å²) in [7, 11) is 0. The SMILES string of the molecule is CCCCC/C=C\C(CCCCCCC(=O)NCC(=O)NC(CO)C(=O)O)OC(=O)CCCCCCCCC. The van der Waals surface area contributed by atoms with Gasteiger partial charge in [-0.3, -0.25) is 14.4 Å². The Morgan fingerprint density at radius 3 is 2.00 bits per heavy atom. The molecule has 0 aromatic heterocycles. The van der Waals surface area contributed by atoms with Crippen molar-refractivity contribution in [2.24, 2.45) is 0 Å². The van der Waals surface area contributed by atoms with Gasteiger partial charge in [-0.2, -0.15) is 0 Å². The number of aliphatic hydroxyl groups excluding tert-OH is 1. The fraction of sp³-hybridized carbons (Fsp3) is 0.800. The van der Waals surface area contributed by atoms with E-state index in [1.165, 1.54) is 44.9 Å². The molecular formula is C30H54N2O7. The fourth-order valence-electron chi connectivity index (χ4n) is 4.09. The number of hydrogen-bond donors (Lipinski definition) is 4. The van der Waals surface area contributed by atoms with E-state index < -0.39 is 24.5 Å². The lowest BCUT2D eigenvalue weighted by atomic mass is 10.1. The largest absolute Gasteiger partial charge is 0.480 e. The quantitative estimate of drug-likeness (QED) is 0.0654. The molecule has 0 radical (unpaired) electrons. The molecule has 0 aromatic carbocycles. The van der Waals surface area contributed by atoms with Crippen LogP contribution in [0, 0.1) is 0 Å². The van der Waals surface area contributed by atoms with Gasteiger partial charge >= 0.3 is 11.9 Å². The summed E-state index contributed by atoms with van der Waals surface area (Å²) in [6, 6.07) is -1.39. The van der Waals surface area contributed by atoms with Gasteiger partial charge in [0.05, 0.1) is 13.2 Å². The number of allylic oxidation sites excluding steroid dienone is 1. The van der Waals surface area contributed by atoms with Crippen LogP contribution in [0.4, 0.5) is 0 Å². The number of nitrogens with one attached hydrogen (secondary N) is 2. The number of aliphatic hydroxyl groups is 1. The molecule has 0 saturated carbocycles. The van der Waals surface area contributed by atoms with Crippen molar-refractivity contribution in [3.63, 3.8) is 0 Å². The summed E-state index contributed by atoms with van der Waals surface area (Å²) < 4.78 is 5.77. The van der Waals surface area contributed by atoms with Crippen LogP contribution in [0.2, 0.25) is 0 Å². The molecule has 2 unspecified atom stereocenters. The number of unbranched alkanes of at least 4 members (excludes halogenated alkanes) is 12. The molecule has 0 aliphatic heterocycles. The monoisotopic (exact) mass is 554 g/mol. The summed E-state index contributed by atoms with van der Waals surface area (Å²) in [4.78, 5) is 46.8. The van der Waals surface area contributed by atoms with Crippen LogP contribution in [0.3, 0.4) is 0 Å². The minimum atomic E-state index is -1.39. The van der Waals surface area contributed by atoms with Crippen LogP contribution in [0.15, 0.2) is 12.2 Å². The van der Waals surface area contributed by atoms with Gasteiger partial charge < -0.3 is 25.6 Å². The number of ether oxygens (including phenoxy) is 1. The van der Waals surface area contributed by atoms with E-state index in [9.17, 15) is 19.2 Å². The van der Waals surface area contributed by atoms with Gasteiger partial charge in [0, 0.05) is 12.8 Å². The van der Waals surface area contributed by atoms with Gasteiger partial charge in [0.25, 0.3) is 0 Å². The van der Waals surface area contributed by atoms with Gasteiger partial charge in [-0.15, -0.1) is 0 Å². The van der Waals surface area contributed by atoms with Crippen molar-refractivity contribution >= 4 is 23.8 Å². The second-order valence-corrected chi connectivity index (χ2v) is 10.2. The molecule has 0 saturated heterocycles. The van der Waals surface area contributed by atoms with E-state index in [2.05, 4.69) is 30.6 Å². The zero-order valence-corrected chi connectivity index (χ0v) is 24.4. The van der Waals surface area contributed by atoms with Crippen LogP contribution in [0.1, 0.15) is 129 Å². The normalized spacial score (nSPS) is 12.7. The van der Waals surface area contributed by atoms with Crippen LogP contribution >= 0.6 is 0 Å². The Morgan fingerprint density at radius 2 is 1.36 bits per heavy atom. The topological polar surface area (TPSA) is 142 Å². The first kappa shape index (κ1) is 36.6. The number of esters is 1. The molecular weight excluding hydrogens is 500 g/mol. The lowest BCUT2D eigenvalue weighted by molar-refractivity contribution is -0.147. The highest BCUT2D eigenvalue weighted by molar-refractivity contribution is 5.87. The van der Waals surface area contributed by atoms with E-state index in [0.29, 0.717) is 12.8 Å². The molecule has 9 heteroatoms. The Balaban J connectivity index is 4.23. The van der Waals surface area contributed by atoms with E-state index in [-0.39, 0.29) is 30.9 Å². The predicted octanol–water partition coefficient (Wildman–Crippen LogP) is 5.19. The van der Waals surface area contributed by atoms with Crippen LogP contribution in [-0.4, -0.2) is 59.3 Å². The third kappa shape index (κ3) is 23.2. The summed E-state index contributed by atoms with van der Waals surface area (Å²) in [5.74, 6) is -2.41. The highest BCUT2D eigenvalue weighted by Crippen LogP contribution is 2.14. The van der Waals surface area contributed by atoms with Gasteiger partial charge in [0.1, 0.15) is 12.1 Å². The maximum Gasteiger partial charge on any atom is 0.328 e. The van der Waals surface area contributed by atoms with Crippen LogP contribution in [0.5, 0.6) is 0 Å². The minimum absolute atomic E-state index is 0.124. The van der Waals surface area contributed by atoms with Gasteiger partial charge in [0.2, 0.25) is 11.8 Å². The number of carboxylic acid groups (broad SMARTS) is 1. The average molecular weight is 555 g/mol. The van der Waals surface area contributed by atoms with Crippen LogP contribution in [-0.2, 0) is 23.9 Å². The van der Waals surface area contributed by atoms with Crippen LogP contribution in [0.25, 0.3) is 0 Å². The number of carbonyl (C=O) groups is 4. The predicted molar refractivity (Wildman–Crippen MR) is 153 cm³/mol. The van der Waals surface area contributed by atoms with Gasteiger partial charge in [-0.1, -0.05) is 84.1 Å². The Bertz CT molecular complexity index is 697. The van der Waals surface area contributed by atoms with Gasteiger partial charge in [-0.25, -0.2) is 4.79 Å². The zero-order chi connectivity index (χ0) is 29.1. The lowest BCUT2D eigenvalue weighted by Crippen LogP contribution is -2.47. The van der Waals surface area contributed by atoms with Crippen molar-refractivity contribution in [3.8, 4) is 0 Å². The fourth-order valence-corrected chi connectivity index (χ4v) is 4.09. The van der Waals surface area contributed by atoms with Gasteiger partial charge in [-0.05, 0) is 44.6 Å². The van der Waals surface area contributed by atoms with Crippen molar-refractivity contribution < 1.29 is 34.1 Å². The van der Waals surface area contributed by atoms with Crippen molar-refractivity contribution in [3.05, 3.63) is 12.2 Å². The van der Waals surface area contributed by atoms with Crippen molar-refractivity contribution in [1.29, 1.82) is 0 Å². The Kier molecular flexibility index (Phi) is 24.2. The van der Waals surface area contributed by atoms with E-state index in [1.54, 1.807) is 0 Å². The molecule has 0 heterocycles. The highest BCUT2D eigenvalue weighted by atomic mass is 16.5. The molecule has 0 aliphatic rings. The minimum Gasteiger partial charge on any atom is -0.480 e. The molecule has 9 nitrogen and oxygen atoms in total. The summed E-state index contributed by atoms with van der Waals surface area (Å²) in [5, 5.41) is 22.3. The summed E-state index contributed by atoms with van der Waals surface area (Å²) >= 11 is 0. The second-order valence-electron chi connectivity index (χ2n) is 10.2. The number of hydrogen-bond acceptors (Lipinski definition) is 6. The number of carboxylic acids is 1. The molecule has 2 amide bonds. The first-order valence-corrected chi connectivity index (χ1v) is 15.1. The Hall–Kier alpha value is -2.42. The molecule has 0 bridgehead atoms. The standard InChI is InChI=1S/C30H54N2O7/c1-3-5-7-9-10-12-18-22-29(36)39-25(19-15-11-8-6-4-2)20-16-13-14-17-21-27(34)31-23-28(35)32-26(24-33)30(37)38/h15,19,25-26,33H,3-14,16-18,20-24H2,1-2H3,(H,31,34)(H,32,35)(H,37,38)/b19-15-. The van der Waals surface area contributed by atoms with Crippen molar-refractivity contribution in [2.75, 3.05) is 13.2 Å². The molecule has 0 aliphatic carbocycles. The van der Waals surface area contributed by atoms with Gasteiger partial charge in [0.15, 0.2) is 0 Å². The molecule has 39 heavy (non-hydrogen) atoms. The second kappa shape index (κ2) is 25.8. The maximum atomic E-state index is 12.4. The summed E-state index contributed by atoms with van der Waals surface area (Å²) in [6.45, 7) is 3.33. The molecule has 0 fully saturated rings. The molecule has 0 spiro atoms. The first-order chi connectivity index (χ1) is 18.8. The first-order valence-electron chi connectivity index (χ1n) is 15.1. The summed E-state index contributed by atoms with van der Waals surface area (Å²) in [6.07, 6.45) is 21.4. The van der Waals surface area contributed by atoms with E-state index >= 15 is 0 Å². The van der Waals surface area contributed by atoms with Crippen molar-refractivity contribution in [1.82, 2.24) is 10.6 Å². The zero-order valence-electron chi connectivity index (χ0n) is 24.4. The number of amides is 2. The van der Waals surface area contributed by atoms with E-state index in [1.807, 2.05) is 6.08 Å². The molecule has 2 atom stereocenters. The molecule has 4 N–H and O–H groups in total.